The van der Waals surface area contributed by atoms with Crippen molar-refractivity contribution in [1.82, 2.24) is 10.6 Å². The number of hydrogen-bond donors (Lipinski definition) is 2. The zero-order valence-electron chi connectivity index (χ0n) is 15.1. The van der Waals surface area contributed by atoms with E-state index in [1.165, 1.54) is 0 Å². The second-order valence-electron chi connectivity index (χ2n) is 6.90. The number of nitrogens with zero attached hydrogens (tertiary/aromatic N) is 1. The summed E-state index contributed by atoms with van der Waals surface area (Å²) in [5.41, 5.74) is 1.14. The molecular weight excluding hydrogens is 354 g/mol. The third-order valence-electron chi connectivity index (χ3n) is 4.86. The minimum Gasteiger partial charge on any atom is -0.383 e. The number of amides is 2. The van der Waals surface area contributed by atoms with E-state index in [1.807, 2.05) is 11.0 Å². The largest absolute Gasteiger partial charge is 0.383 e. The van der Waals surface area contributed by atoms with E-state index < -0.39 is 0 Å². The van der Waals surface area contributed by atoms with Crippen LogP contribution >= 0.6 is 11.6 Å². The molecule has 1 saturated carbocycles. The number of ether oxygens (including phenoxy) is 1. The summed E-state index contributed by atoms with van der Waals surface area (Å²) >= 11 is 6.23. The van der Waals surface area contributed by atoms with Crippen LogP contribution in [0, 0.1) is 5.92 Å². The Balaban J connectivity index is 1.80. The lowest BCUT2D eigenvalue weighted by Gasteiger charge is -2.30. The monoisotopic (exact) mass is 379 g/mol. The molecular formula is C19H26ClN3O3. The molecule has 142 valence electrons. The van der Waals surface area contributed by atoms with Crippen LogP contribution in [0.25, 0.3) is 0 Å². The van der Waals surface area contributed by atoms with E-state index in [9.17, 15) is 9.59 Å². The first-order valence-corrected chi connectivity index (χ1v) is 9.60. The van der Waals surface area contributed by atoms with E-state index in [0.717, 1.165) is 44.5 Å². The van der Waals surface area contributed by atoms with Gasteiger partial charge in [0.1, 0.15) is 0 Å². The minimum absolute atomic E-state index is 0.000919. The standard InChI is InChI=1S/C19H26ClN3O3/c1-26-10-9-22-18(24)16-11-15(6-7-17(16)20)23(14-4-5-14)19(25)13-3-2-8-21-12-13/h6-7,11,13-14,21H,2-5,8-10,12H2,1H3,(H,22,24)/t13-/m1/s1. The highest BCUT2D eigenvalue weighted by Gasteiger charge is 2.37. The van der Waals surface area contributed by atoms with Gasteiger partial charge in [-0.25, -0.2) is 0 Å². The van der Waals surface area contributed by atoms with Crippen LogP contribution in [0.5, 0.6) is 0 Å². The van der Waals surface area contributed by atoms with Gasteiger partial charge < -0.3 is 20.3 Å². The predicted octanol–water partition coefficient (Wildman–Crippen LogP) is 2.21. The molecule has 2 aliphatic rings. The van der Waals surface area contributed by atoms with Crippen LogP contribution in [0.4, 0.5) is 5.69 Å². The van der Waals surface area contributed by atoms with Crippen molar-refractivity contribution in [3.8, 4) is 0 Å². The lowest BCUT2D eigenvalue weighted by molar-refractivity contribution is -0.123. The van der Waals surface area contributed by atoms with E-state index in [2.05, 4.69) is 10.6 Å². The summed E-state index contributed by atoms with van der Waals surface area (Å²) in [6.07, 6.45) is 3.93. The second kappa shape index (κ2) is 8.84. The van der Waals surface area contributed by atoms with E-state index in [-0.39, 0.29) is 23.8 Å². The molecule has 1 atom stereocenters. The zero-order chi connectivity index (χ0) is 18.5. The van der Waals surface area contributed by atoms with Crippen LogP contribution in [-0.2, 0) is 9.53 Å². The number of benzene rings is 1. The van der Waals surface area contributed by atoms with Gasteiger partial charge >= 0.3 is 0 Å². The fraction of sp³-hybridized carbons (Fsp3) is 0.579. The fourth-order valence-corrected chi connectivity index (χ4v) is 3.51. The van der Waals surface area contributed by atoms with Crippen molar-refractivity contribution in [2.24, 2.45) is 5.92 Å². The van der Waals surface area contributed by atoms with Gasteiger partial charge in [-0.1, -0.05) is 11.6 Å². The Kier molecular flexibility index (Phi) is 6.51. The second-order valence-corrected chi connectivity index (χ2v) is 7.30. The highest BCUT2D eigenvalue weighted by molar-refractivity contribution is 6.34. The molecule has 0 unspecified atom stereocenters. The van der Waals surface area contributed by atoms with Crippen LogP contribution < -0.4 is 15.5 Å². The van der Waals surface area contributed by atoms with Gasteiger partial charge in [0.05, 0.1) is 23.1 Å². The molecule has 1 aromatic carbocycles. The topological polar surface area (TPSA) is 70.7 Å². The quantitative estimate of drug-likeness (QED) is 0.712. The Labute approximate surface area is 159 Å². The average Bonchev–Trinajstić information content (AvgIpc) is 3.49. The molecule has 1 aromatic rings. The first-order chi connectivity index (χ1) is 12.6. The molecule has 7 heteroatoms. The van der Waals surface area contributed by atoms with Gasteiger partial charge in [-0.2, -0.15) is 0 Å². The maximum Gasteiger partial charge on any atom is 0.252 e. The first-order valence-electron chi connectivity index (χ1n) is 9.22. The third-order valence-corrected chi connectivity index (χ3v) is 5.19. The maximum atomic E-state index is 13.1. The van der Waals surface area contributed by atoms with E-state index in [4.69, 9.17) is 16.3 Å². The Morgan fingerprint density at radius 1 is 1.35 bits per heavy atom. The molecule has 2 N–H and O–H groups in total. The van der Waals surface area contributed by atoms with Crippen molar-refractivity contribution in [1.29, 1.82) is 0 Å². The predicted molar refractivity (Wildman–Crippen MR) is 102 cm³/mol. The third kappa shape index (κ3) is 4.55. The van der Waals surface area contributed by atoms with Gasteiger partial charge in [0, 0.05) is 31.9 Å². The Morgan fingerprint density at radius 2 is 2.15 bits per heavy atom. The highest BCUT2D eigenvalue weighted by atomic mass is 35.5. The molecule has 1 heterocycles. The average molecular weight is 380 g/mol. The number of carbonyl (C=O) groups is 2. The van der Waals surface area contributed by atoms with Crippen molar-refractivity contribution < 1.29 is 14.3 Å². The van der Waals surface area contributed by atoms with Gasteiger partial charge in [-0.15, -0.1) is 0 Å². The van der Waals surface area contributed by atoms with Crippen molar-refractivity contribution in [2.45, 2.75) is 31.7 Å². The van der Waals surface area contributed by atoms with Gasteiger partial charge in [-0.3, -0.25) is 9.59 Å². The highest BCUT2D eigenvalue weighted by Crippen LogP contribution is 2.35. The molecule has 0 aromatic heterocycles. The van der Waals surface area contributed by atoms with Gasteiger partial charge in [-0.05, 0) is 50.4 Å². The molecule has 26 heavy (non-hydrogen) atoms. The number of methoxy groups -OCH3 is 1. The van der Waals surface area contributed by atoms with Crippen LogP contribution in [0.3, 0.4) is 0 Å². The summed E-state index contributed by atoms with van der Waals surface area (Å²) in [7, 11) is 1.58. The van der Waals surface area contributed by atoms with Crippen LogP contribution in [0.15, 0.2) is 18.2 Å². The lowest BCUT2D eigenvalue weighted by atomic mass is 9.97. The number of carbonyl (C=O) groups excluding carboxylic acids is 2. The molecule has 2 amide bonds. The summed E-state index contributed by atoms with van der Waals surface area (Å²) < 4.78 is 4.95. The van der Waals surface area contributed by atoms with Crippen molar-refractivity contribution >= 4 is 29.1 Å². The Bertz CT molecular complexity index is 657. The SMILES string of the molecule is COCCNC(=O)c1cc(N(C(=O)[C@@H]2CCCNC2)C2CC2)ccc1Cl. The van der Waals surface area contributed by atoms with E-state index in [0.29, 0.717) is 23.7 Å². The summed E-state index contributed by atoms with van der Waals surface area (Å²) in [6.45, 7) is 2.54. The van der Waals surface area contributed by atoms with Crippen molar-refractivity contribution in [3.63, 3.8) is 0 Å². The number of anilines is 1. The van der Waals surface area contributed by atoms with Gasteiger partial charge in [0.15, 0.2) is 0 Å². The number of halogens is 1. The van der Waals surface area contributed by atoms with Gasteiger partial charge in [0.2, 0.25) is 5.91 Å². The molecule has 1 saturated heterocycles. The summed E-state index contributed by atoms with van der Waals surface area (Å²) in [5, 5.41) is 6.47. The summed E-state index contributed by atoms with van der Waals surface area (Å²) in [6, 6.07) is 5.50. The molecule has 0 bridgehead atoms. The first kappa shape index (κ1) is 19.1. The molecule has 6 nitrogen and oxygen atoms in total. The molecule has 1 aliphatic carbocycles. The molecule has 0 radical (unpaired) electrons. The van der Waals surface area contributed by atoms with Crippen LogP contribution in [0.1, 0.15) is 36.0 Å². The summed E-state index contributed by atoms with van der Waals surface area (Å²) in [4.78, 5) is 27.4. The smallest absolute Gasteiger partial charge is 0.252 e. The maximum absolute atomic E-state index is 13.1. The van der Waals surface area contributed by atoms with Crippen LogP contribution in [-0.4, -0.2) is 51.2 Å². The normalized spacial score (nSPS) is 19.8. The number of rotatable bonds is 7. The molecule has 1 aliphatic heterocycles. The Hall–Kier alpha value is -1.63. The number of hydrogen-bond acceptors (Lipinski definition) is 4. The van der Waals surface area contributed by atoms with Crippen molar-refractivity contribution in [2.75, 3.05) is 38.3 Å². The molecule has 2 fully saturated rings. The Morgan fingerprint density at radius 3 is 2.81 bits per heavy atom. The number of nitrogens with one attached hydrogen (secondary N) is 2. The molecule has 3 rings (SSSR count). The van der Waals surface area contributed by atoms with Crippen molar-refractivity contribution in [3.05, 3.63) is 28.8 Å². The van der Waals surface area contributed by atoms with Gasteiger partial charge in [0.25, 0.3) is 5.91 Å². The van der Waals surface area contributed by atoms with E-state index >= 15 is 0 Å². The summed E-state index contributed by atoms with van der Waals surface area (Å²) in [5.74, 6) is -0.108. The molecule has 0 spiro atoms. The van der Waals surface area contributed by atoms with E-state index in [1.54, 1.807) is 19.2 Å². The zero-order valence-corrected chi connectivity index (χ0v) is 15.8. The lowest BCUT2D eigenvalue weighted by Crippen LogP contribution is -2.44. The number of piperidine rings is 1. The fourth-order valence-electron chi connectivity index (χ4n) is 3.31. The minimum atomic E-state index is -0.253. The van der Waals surface area contributed by atoms with Crippen LogP contribution in [0.2, 0.25) is 5.02 Å².